The first-order chi connectivity index (χ1) is 12.8. The van der Waals surface area contributed by atoms with Crippen molar-refractivity contribution in [3.05, 3.63) is 81.7 Å². The van der Waals surface area contributed by atoms with Crippen molar-refractivity contribution in [1.82, 2.24) is 4.72 Å². The van der Waals surface area contributed by atoms with Crippen molar-refractivity contribution in [1.29, 1.82) is 0 Å². The van der Waals surface area contributed by atoms with E-state index < -0.39 is 21.7 Å². The fourth-order valence-electron chi connectivity index (χ4n) is 2.24. The molecule has 0 aliphatic carbocycles. The van der Waals surface area contributed by atoms with E-state index >= 15 is 0 Å². The van der Waals surface area contributed by atoms with Crippen LogP contribution in [0.5, 0.6) is 0 Å². The molecule has 0 radical (unpaired) electrons. The lowest BCUT2D eigenvalue weighted by molar-refractivity contribution is 0.0600. The summed E-state index contributed by atoms with van der Waals surface area (Å²) in [4.78, 5) is 14.2. The second kappa shape index (κ2) is 8.38. The summed E-state index contributed by atoms with van der Waals surface area (Å²) in [5.41, 5.74) is 8.38. The maximum Gasteiger partial charge on any atom is 0.337 e. The average molecular weight is 384 g/mol. The number of sulfonamides is 1. The van der Waals surface area contributed by atoms with Gasteiger partial charge in [-0.15, -0.1) is 0 Å². The molecule has 0 bridgehead atoms. The second-order valence-electron chi connectivity index (χ2n) is 5.46. The van der Waals surface area contributed by atoms with Crippen LogP contribution in [0.4, 0.5) is 0 Å². The van der Waals surface area contributed by atoms with Crippen LogP contribution in [0.3, 0.4) is 0 Å². The molecule has 0 aromatic heterocycles. The number of hydrogen-bond donors (Lipinski definition) is 1. The van der Waals surface area contributed by atoms with Gasteiger partial charge in [0.05, 0.1) is 18.9 Å². The number of nitrogens with zero attached hydrogens (tertiary/aromatic N) is 3. The van der Waals surface area contributed by atoms with Gasteiger partial charge in [-0.25, -0.2) is 13.2 Å². The Morgan fingerprint density at radius 1 is 1.19 bits per heavy atom. The molecule has 0 aliphatic heterocycles. The van der Waals surface area contributed by atoms with Crippen molar-refractivity contribution < 1.29 is 17.9 Å². The van der Waals surface area contributed by atoms with Gasteiger partial charge in [0.15, 0.2) is 5.66 Å². The maximum atomic E-state index is 11.8. The van der Waals surface area contributed by atoms with Crippen LogP contribution in [-0.2, 0) is 20.4 Å². The van der Waals surface area contributed by atoms with Crippen molar-refractivity contribution >= 4 is 16.0 Å². The normalized spacial score (nSPS) is 12.7. The molecule has 0 saturated heterocycles. The van der Waals surface area contributed by atoms with E-state index in [4.69, 9.17) is 5.53 Å². The molecule has 2 aromatic rings. The molecule has 2 rings (SSSR count). The zero-order chi connectivity index (χ0) is 19.9. The van der Waals surface area contributed by atoms with Gasteiger partial charge < -0.3 is 4.74 Å². The highest BCUT2D eigenvalue weighted by atomic mass is 32.2. The predicted molar refractivity (Wildman–Crippen MR) is 99.9 cm³/mol. The standard InChI is InChI=1S/C18H16N4O4S/c1-26-17(23)15-10-8-14(9-11-15)12-13-18(20-22-19,21-27(2,24)25)16-6-4-3-5-7-16/h3-11,21H,1-2H3. The summed E-state index contributed by atoms with van der Waals surface area (Å²) in [7, 11) is -2.48. The van der Waals surface area contributed by atoms with Crippen molar-refractivity contribution in [2.45, 2.75) is 5.66 Å². The number of hydrogen-bond acceptors (Lipinski definition) is 5. The summed E-state index contributed by atoms with van der Waals surface area (Å²) in [6.07, 6.45) is 0.949. The van der Waals surface area contributed by atoms with E-state index in [2.05, 4.69) is 31.3 Å². The molecule has 1 N–H and O–H groups in total. The minimum Gasteiger partial charge on any atom is -0.465 e. The highest BCUT2D eigenvalue weighted by Gasteiger charge is 2.32. The molecule has 2 aromatic carbocycles. The highest BCUT2D eigenvalue weighted by molar-refractivity contribution is 7.88. The Morgan fingerprint density at radius 3 is 2.33 bits per heavy atom. The number of benzene rings is 2. The molecule has 0 spiro atoms. The van der Waals surface area contributed by atoms with Crippen LogP contribution in [0.25, 0.3) is 10.4 Å². The topological polar surface area (TPSA) is 121 Å². The first-order valence-electron chi connectivity index (χ1n) is 7.62. The zero-order valence-corrected chi connectivity index (χ0v) is 15.4. The lowest BCUT2D eigenvalue weighted by Gasteiger charge is -2.23. The summed E-state index contributed by atoms with van der Waals surface area (Å²) in [6.45, 7) is 0. The van der Waals surface area contributed by atoms with Crippen molar-refractivity contribution in [2.24, 2.45) is 5.11 Å². The third kappa shape index (κ3) is 5.33. The zero-order valence-electron chi connectivity index (χ0n) is 14.6. The largest absolute Gasteiger partial charge is 0.465 e. The van der Waals surface area contributed by atoms with Crippen LogP contribution in [0.1, 0.15) is 21.5 Å². The quantitative estimate of drug-likeness (QED) is 0.280. The van der Waals surface area contributed by atoms with Gasteiger partial charge in [-0.1, -0.05) is 47.3 Å². The first kappa shape index (κ1) is 20.0. The summed E-state index contributed by atoms with van der Waals surface area (Å²) < 4.78 is 30.6. The Morgan fingerprint density at radius 2 is 1.81 bits per heavy atom. The molecule has 1 unspecified atom stereocenters. The number of carbonyl (C=O) groups is 1. The molecule has 9 heteroatoms. The van der Waals surface area contributed by atoms with Crippen molar-refractivity contribution in [3.63, 3.8) is 0 Å². The van der Waals surface area contributed by atoms with E-state index in [1.165, 1.54) is 19.2 Å². The number of esters is 1. The fourth-order valence-corrected chi connectivity index (χ4v) is 2.99. The van der Waals surface area contributed by atoms with Gasteiger partial charge in [0.25, 0.3) is 0 Å². The molecule has 138 valence electrons. The van der Waals surface area contributed by atoms with Gasteiger partial charge in [0.2, 0.25) is 10.0 Å². The van der Waals surface area contributed by atoms with Gasteiger partial charge in [-0.3, -0.25) is 0 Å². The summed E-state index contributed by atoms with van der Waals surface area (Å²) in [6, 6.07) is 14.5. The Hall–Kier alpha value is -3.31. The first-order valence-corrected chi connectivity index (χ1v) is 9.51. The van der Waals surface area contributed by atoms with Gasteiger partial charge in [0.1, 0.15) is 0 Å². The fraction of sp³-hybridized carbons (Fsp3) is 0.167. The van der Waals surface area contributed by atoms with Crippen molar-refractivity contribution in [3.8, 4) is 11.8 Å². The number of rotatable bonds is 5. The molecule has 0 amide bonds. The van der Waals surface area contributed by atoms with Gasteiger partial charge in [-0.2, -0.15) is 4.72 Å². The Balaban J connectivity index is 2.54. The van der Waals surface area contributed by atoms with E-state index in [1.807, 2.05) is 0 Å². The van der Waals surface area contributed by atoms with Crippen LogP contribution < -0.4 is 4.72 Å². The van der Waals surface area contributed by atoms with Crippen LogP contribution in [0, 0.1) is 11.8 Å². The number of nitrogens with one attached hydrogen (secondary N) is 1. The Bertz CT molecular complexity index is 1030. The van der Waals surface area contributed by atoms with Crippen LogP contribution in [0.2, 0.25) is 0 Å². The second-order valence-corrected chi connectivity index (χ2v) is 7.21. The molecular formula is C18H16N4O4S. The van der Waals surface area contributed by atoms with E-state index in [0.717, 1.165) is 6.26 Å². The molecular weight excluding hydrogens is 368 g/mol. The lowest BCUT2D eigenvalue weighted by Crippen LogP contribution is -2.42. The Kier molecular flexibility index (Phi) is 6.21. The molecule has 27 heavy (non-hydrogen) atoms. The van der Waals surface area contributed by atoms with Crippen LogP contribution >= 0.6 is 0 Å². The summed E-state index contributed by atoms with van der Waals surface area (Å²) in [5, 5.41) is 3.63. The smallest absolute Gasteiger partial charge is 0.337 e. The Labute approximate surface area is 156 Å². The molecule has 0 heterocycles. The molecule has 0 aliphatic rings. The number of azide groups is 1. The maximum absolute atomic E-state index is 11.8. The van der Waals surface area contributed by atoms with Gasteiger partial charge in [-0.05, 0) is 35.4 Å². The molecule has 8 nitrogen and oxygen atoms in total. The van der Waals surface area contributed by atoms with E-state index in [1.54, 1.807) is 42.5 Å². The van der Waals surface area contributed by atoms with Crippen LogP contribution in [0.15, 0.2) is 59.7 Å². The van der Waals surface area contributed by atoms with Crippen molar-refractivity contribution in [2.75, 3.05) is 13.4 Å². The lowest BCUT2D eigenvalue weighted by atomic mass is 10.0. The number of ether oxygens (including phenoxy) is 1. The molecule has 0 fully saturated rings. The van der Waals surface area contributed by atoms with E-state index in [0.29, 0.717) is 16.7 Å². The number of methoxy groups -OCH3 is 1. The summed E-state index contributed by atoms with van der Waals surface area (Å²) >= 11 is 0. The third-order valence-corrected chi connectivity index (χ3v) is 4.08. The minimum absolute atomic E-state index is 0.349. The predicted octanol–water partition coefficient (Wildman–Crippen LogP) is 2.54. The SMILES string of the molecule is COC(=O)c1ccc(C#CC(N=[N+]=[N-])(NS(C)(=O)=O)c2ccccc2)cc1. The molecule has 0 saturated carbocycles. The van der Waals surface area contributed by atoms with Gasteiger partial charge >= 0.3 is 5.97 Å². The van der Waals surface area contributed by atoms with E-state index in [9.17, 15) is 13.2 Å². The van der Waals surface area contributed by atoms with Gasteiger partial charge in [0, 0.05) is 10.5 Å². The number of carbonyl (C=O) groups excluding carboxylic acids is 1. The average Bonchev–Trinajstić information content (AvgIpc) is 2.65. The van der Waals surface area contributed by atoms with Crippen LogP contribution in [-0.4, -0.2) is 27.8 Å². The van der Waals surface area contributed by atoms with E-state index in [-0.39, 0.29) is 0 Å². The minimum atomic E-state index is -3.76. The summed E-state index contributed by atoms with van der Waals surface area (Å²) in [5.74, 6) is 5.01. The third-order valence-electron chi connectivity index (χ3n) is 3.41. The monoisotopic (exact) mass is 384 g/mol. The molecule has 1 atom stereocenters. The highest BCUT2D eigenvalue weighted by Crippen LogP contribution is 2.24.